The summed E-state index contributed by atoms with van der Waals surface area (Å²) in [5, 5.41) is 20.0. The van der Waals surface area contributed by atoms with Crippen molar-refractivity contribution in [2.24, 2.45) is 0 Å². The first-order chi connectivity index (χ1) is 11.9. The standard InChI is InChI=1S/C16H13BrN2O3S3/c1-2-18-10-7-9(17)3-4-11(10)24-13(18)6-5-12-15(22)19(8-14(20)21)16(23)25-12/h3-5,7,22H,2,8H2,1H3,(H,20,21). The Balaban J connectivity index is 1.99. The van der Waals surface area contributed by atoms with Gasteiger partial charge in [-0.15, -0.1) is 11.3 Å². The zero-order chi connectivity index (χ0) is 18.1. The number of rotatable bonds is 4. The predicted octanol–water partition coefficient (Wildman–Crippen LogP) is 4.92. The zero-order valence-corrected chi connectivity index (χ0v) is 17.1. The van der Waals surface area contributed by atoms with Crippen LogP contribution in [0.2, 0.25) is 0 Å². The number of thioether (sulfide) groups is 1. The summed E-state index contributed by atoms with van der Waals surface area (Å²) >= 11 is 11.4. The van der Waals surface area contributed by atoms with E-state index in [0.29, 0.717) is 8.83 Å². The van der Waals surface area contributed by atoms with E-state index in [2.05, 4.69) is 39.6 Å². The molecule has 1 aromatic heterocycles. The third-order valence-electron chi connectivity index (χ3n) is 3.49. The van der Waals surface area contributed by atoms with Crippen LogP contribution in [0.5, 0.6) is 5.88 Å². The van der Waals surface area contributed by atoms with Crippen molar-refractivity contribution in [3.63, 3.8) is 0 Å². The first kappa shape index (κ1) is 18.3. The number of hydrogen-bond donors (Lipinski definition) is 2. The number of aromatic hydroxyl groups is 1. The van der Waals surface area contributed by atoms with Gasteiger partial charge in [-0.3, -0.25) is 9.36 Å². The van der Waals surface area contributed by atoms with Crippen LogP contribution in [0, 0.1) is 3.95 Å². The lowest BCUT2D eigenvalue weighted by molar-refractivity contribution is -0.137. The molecular formula is C16H13BrN2O3S3. The van der Waals surface area contributed by atoms with Gasteiger partial charge in [0.1, 0.15) is 11.6 Å². The average Bonchev–Trinajstić information content (AvgIpc) is 3.03. The van der Waals surface area contributed by atoms with Crippen molar-refractivity contribution in [3.05, 3.63) is 42.3 Å². The number of fused-ring (bicyclic) bond motifs is 1. The second kappa shape index (κ2) is 7.39. The first-order valence-corrected chi connectivity index (χ1v) is 10.1. The van der Waals surface area contributed by atoms with Crippen LogP contribution in [0.3, 0.4) is 0 Å². The van der Waals surface area contributed by atoms with Crippen molar-refractivity contribution < 1.29 is 15.0 Å². The third-order valence-corrected chi connectivity index (χ3v) is 6.47. The van der Waals surface area contributed by atoms with Crippen LogP contribution in [0.4, 0.5) is 5.69 Å². The fraction of sp³-hybridized carbons (Fsp3) is 0.188. The van der Waals surface area contributed by atoms with E-state index in [0.717, 1.165) is 38.0 Å². The highest BCUT2D eigenvalue weighted by Gasteiger charge is 2.24. The molecule has 1 aromatic carbocycles. The molecular weight excluding hydrogens is 444 g/mol. The quantitative estimate of drug-likeness (QED) is 0.502. The van der Waals surface area contributed by atoms with Gasteiger partial charge in [-0.1, -0.05) is 33.4 Å². The molecule has 1 aliphatic rings. The molecule has 0 spiro atoms. The number of carboxylic acids is 1. The highest BCUT2D eigenvalue weighted by Crippen LogP contribution is 2.46. The molecule has 5 nitrogen and oxygen atoms in total. The number of nitrogens with zero attached hydrogens (tertiary/aromatic N) is 2. The van der Waals surface area contributed by atoms with Crippen molar-refractivity contribution in [3.8, 4) is 5.88 Å². The van der Waals surface area contributed by atoms with E-state index >= 15 is 0 Å². The smallest absolute Gasteiger partial charge is 0.323 e. The van der Waals surface area contributed by atoms with Crippen molar-refractivity contribution in [2.75, 3.05) is 11.4 Å². The molecule has 25 heavy (non-hydrogen) atoms. The number of aromatic nitrogens is 1. The molecule has 0 unspecified atom stereocenters. The van der Waals surface area contributed by atoms with Gasteiger partial charge in [-0.2, -0.15) is 0 Å². The number of aliphatic carboxylic acids is 1. The van der Waals surface area contributed by atoms with Gasteiger partial charge in [-0.25, -0.2) is 0 Å². The number of halogens is 1. The van der Waals surface area contributed by atoms with Gasteiger partial charge in [-0.05, 0) is 37.3 Å². The number of anilines is 1. The van der Waals surface area contributed by atoms with Crippen molar-refractivity contribution in [1.82, 2.24) is 4.57 Å². The van der Waals surface area contributed by atoms with Crippen LogP contribution < -0.4 is 4.90 Å². The summed E-state index contributed by atoms with van der Waals surface area (Å²) in [5.41, 5.74) is 4.32. The van der Waals surface area contributed by atoms with Crippen LogP contribution in [0.25, 0.3) is 6.08 Å². The molecule has 0 saturated heterocycles. The second-order valence-corrected chi connectivity index (χ2v) is 8.71. The van der Waals surface area contributed by atoms with E-state index in [-0.39, 0.29) is 12.4 Å². The fourth-order valence-corrected chi connectivity index (χ4v) is 5.00. The molecule has 2 aromatic rings. The molecule has 3 rings (SSSR count). The minimum absolute atomic E-state index is 0.142. The van der Waals surface area contributed by atoms with E-state index in [1.54, 1.807) is 17.8 Å². The maximum atomic E-state index is 10.9. The molecule has 2 N–H and O–H groups in total. The minimum Gasteiger partial charge on any atom is -0.493 e. The van der Waals surface area contributed by atoms with Crippen LogP contribution in [0.1, 0.15) is 11.8 Å². The molecule has 0 amide bonds. The highest BCUT2D eigenvalue weighted by molar-refractivity contribution is 9.10. The summed E-state index contributed by atoms with van der Waals surface area (Å²) < 4.78 is 2.53. The molecule has 1 aliphatic heterocycles. The van der Waals surface area contributed by atoms with Crippen molar-refractivity contribution in [1.29, 1.82) is 0 Å². The molecule has 0 bridgehead atoms. The molecule has 9 heteroatoms. The molecule has 0 radical (unpaired) electrons. The van der Waals surface area contributed by atoms with Crippen molar-refractivity contribution in [2.45, 2.75) is 18.4 Å². The lowest BCUT2D eigenvalue weighted by Gasteiger charge is -2.16. The summed E-state index contributed by atoms with van der Waals surface area (Å²) in [6.45, 7) is 2.48. The maximum Gasteiger partial charge on any atom is 0.323 e. The Morgan fingerprint density at radius 3 is 2.92 bits per heavy atom. The minimum atomic E-state index is -1.05. The summed E-state index contributed by atoms with van der Waals surface area (Å²) in [7, 11) is 0. The lowest BCUT2D eigenvalue weighted by Crippen LogP contribution is -2.15. The third kappa shape index (κ3) is 3.70. The number of thiazole rings is 1. The maximum absolute atomic E-state index is 10.9. The van der Waals surface area contributed by atoms with Gasteiger partial charge in [0.15, 0.2) is 3.95 Å². The van der Waals surface area contributed by atoms with Gasteiger partial charge in [0, 0.05) is 22.0 Å². The molecule has 0 aliphatic carbocycles. The average molecular weight is 457 g/mol. The Morgan fingerprint density at radius 1 is 1.48 bits per heavy atom. The molecule has 0 fully saturated rings. The van der Waals surface area contributed by atoms with Crippen molar-refractivity contribution >= 4 is 69.0 Å². The number of carbonyl (C=O) groups is 1. The van der Waals surface area contributed by atoms with Gasteiger partial charge in [0.2, 0.25) is 5.88 Å². The van der Waals surface area contributed by atoms with Crippen LogP contribution in [-0.2, 0) is 11.3 Å². The van der Waals surface area contributed by atoms with Crippen LogP contribution in [0.15, 0.2) is 38.3 Å². The van der Waals surface area contributed by atoms with Gasteiger partial charge >= 0.3 is 5.97 Å². The molecule has 2 heterocycles. The van der Waals surface area contributed by atoms with E-state index in [1.807, 2.05) is 12.1 Å². The number of carboxylic acid groups (broad SMARTS) is 1. The van der Waals surface area contributed by atoms with E-state index in [9.17, 15) is 9.90 Å². The summed E-state index contributed by atoms with van der Waals surface area (Å²) in [4.78, 5) is 14.6. The number of benzene rings is 1. The second-order valence-electron chi connectivity index (χ2n) is 5.09. The van der Waals surface area contributed by atoms with Crippen LogP contribution in [-0.4, -0.2) is 27.3 Å². The fourth-order valence-electron chi connectivity index (χ4n) is 2.39. The Labute approximate surface area is 166 Å². The first-order valence-electron chi connectivity index (χ1n) is 7.26. The van der Waals surface area contributed by atoms with Gasteiger partial charge in [0.05, 0.1) is 10.6 Å². The van der Waals surface area contributed by atoms with E-state index < -0.39 is 5.97 Å². The Morgan fingerprint density at radius 2 is 2.24 bits per heavy atom. The Kier molecular flexibility index (Phi) is 5.41. The lowest BCUT2D eigenvalue weighted by atomic mass is 10.3. The topological polar surface area (TPSA) is 65.7 Å². The van der Waals surface area contributed by atoms with Crippen LogP contribution >= 0.6 is 51.2 Å². The summed E-state index contributed by atoms with van der Waals surface area (Å²) in [5.74, 6) is -1.19. The number of hydrogen-bond acceptors (Lipinski definition) is 6. The zero-order valence-electron chi connectivity index (χ0n) is 13.0. The Hall–Kier alpha value is -1.51. The monoisotopic (exact) mass is 456 g/mol. The summed E-state index contributed by atoms with van der Waals surface area (Å²) in [6.07, 6.45) is 1.65. The Bertz CT molecular complexity index is 973. The predicted molar refractivity (Wildman–Crippen MR) is 107 cm³/mol. The molecule has 130 valence electrons. The summed E-state index contributed by atoms with van der Waals surface area (Å²) in [6, 6.07) is 6.10. The molecule has 0 atom stereocenters. The molecule has 0 saturated carbocycles. The SMILES string of the molecule is CCN1C(=C=Cc2sc(=S)n(CC(=O)O)c2O)Sc2ccc(Br)cc21. The van der Waals surface area contributed by atoms with Gasteiger partial charge in [0.25, 0.3) is 0 Å². The van der Waals surface area contributed by atoms with E-state index in [4.69, 9.17) is 17.3 Å². The van der Waals surface area contributed by atoms with Gasteiger partial charge < -0.3 is 15.1 Å². The largest absolute Gasteiger partial charge is 0.493 e. The normalized spacial score (nSPS) is 12.9. The van der Waals surface area contributed by atoms with E-state index in [1.165, 1.54) is 4.57 Å². The highest BCUT2D eigenvalue weighted by atomic mass is 79.9.